The van der Waals surface area contributed by atoms with Crippen molar-refractivity contribution < 1.29 is 14.3 Å². The lowest BCUT2D eigenvalue weighted by Gasteiger charge is -2.07. The van der Waals surface area contributed by atoms with E-state index in [0.29, 0.717) is 23.7 Å². The molecule has 0 aliphatic rings. The fraction of sp³-hybridized carbons (Fsp3) is 0.174. The third kappa shape index (κ3) is 5.11. The summed E-state index contributed by atoms with van der Waals surface area (Å²) in [4.78, 5) is 12.5. The first kappa shape index (κ1) is 20.2. The highest BCUT2D eigenvalue weighted by atomic mass is 16.5. The second kappa shape index (κ2) is 9.17. The molecule has 0 aliphatic heterocycles. The number of amides is 1. The van der Waals surface area contributed by atoms with E-state index in [9.17, 15) is 4.79 Å². The summed E-state index contributed by atoms with van der Waals surface area (Å²) < 4.78 is 14.1. The van der Waals surface area contributed by atoms with Crippen LogP contribution in [0.25, 0.3) is 0 Å². The molecular formula is C23H23N5O3. The first-order valence-electron chi connectivity index (χ1n) is 9.79. The average Bonchev–Trinajstić information content (AvgIpc) is 3.44. The number of anilines is 1. The number of rotatable bonds is 8. The summed E-state index contributed by atoms with van der Waals surface area (Å²) in [6, 6.07) is 17.0. The van der Waals surface area contributed by atoms with Crippen LogP contribution in [0.4, 0.5) is 5.69 Å². The molecular weight excluding hydrogens is 394 g/mol. The highest BCUT2D eigenvalue weighted by molar-refractivity contribution is 6.02. The predicted octanol–water partition coefficient (Wildman–Crippen LogP) is 3.73. The number of ether oxygens (including phenoxy) is 2. The van der Waals surface area contributed by atoms with Crippen molar-refractivity contribution in [1.29, 1.82) is 0 Å². The van der Waals surface area contributed by atoms with Crippen LogP contribution < -0.4 is 14.8 Å². The Bertz CT molecular complexity index is 1160. The monoisotopic (exact) mass is 417 g/mol. The summed E-state index contributed by atoms with van der Waals surface area (Å²) in [7, 11) is 1.61. The molecule has 31 heavy (non-hydrogen) atoms. The third-order valence-electron chi connectivity index (χ3n) is 4.78. The van der Waals surface area contributed by atoms with Crippen molar-refractivity contribution in [3.63, 3.8) is 0 Å². The van der Waals surface area contributed by atoms with Crippen LogP contribution in [0.1, 0.15) is 21.6 Å². The molecule has 1 amide bonds. The Kier molecular flexibility index (Phi) is 5.98. The molecule has 0 spiro atoms. The van der Waals surface area contributed by atoms with Gasteiger partial charge in [-0.15, -0.1) is 0 Å². The number of hydrogen-bond donors (Lipinski definition) is 1. The molecule has 2 aromatic carbocycles. The number of carbonyl (C=O) groups is 1. The van der Waals surface area contributed by atoms with Gasteiger partial charge in [0.2, 0.25) is 0 Å². The highest BCUT2D eigenvalue weighted by Crippen LogP contribution is 2.17. The van der Waals surface area contributed by atoms with Crippen molar-refractivity contribution in [2.45, 2.75) is 20.2 Å². The van der Waals surface area contributed by atoms with Crippen molar-refractivity contribution in [2.75, 3.05) is 12.4 Å². The second-order valence-corrected chi connectivity index (χ2v) is 7.00. The summed E-state index contributed by atoms with van der Waals surface area (Å²) in [5.74, 6) is 1.13. The summed E-state index contributed by atoms with van der Waals surface area (Å²) in [5, 5.41) is 11.4. The van der Waals surface area contributed by atoms with Gasteiger partial charge in [-0.1, -0.05) is 24.3 Å². The van der Waals surface area contributed by atoms with Crippen LogP contribution in [0.2, 0.25) is 0 Å². The molecule has 0 bridgehead atoms. The molecule has 0 unspecified atom stereocenters. The van der Waals surface area contributed by atoms with Crippen molar-refractivity contribution in [3.8, 4) is 11.5 Å². The first-order valence-corrected chi connectivity index (χ1v) is 9.79. The molecule has 8 heteroatoms. The number of nitrogens with zero attached hydrogens (tertiary/aromatic N) is 4. The van der Waals surface area contributed by atoms with Gasteiger partial charge in [-0.2, -0.15) is 10.2 Å². The maximum Gasteiger partial charge on any atom is 0.276 e. The fourth-order valence-electron chi connectivity index (χ4n) is 3.04. The minimum atomic E-state index is -0.307. The maximum atomic E-state index is 12.5. The SMILES string of the molecule is COc1ccc(OCn2ccc(C(=O)Nc3cnn(Cc4ccccc4C)c3)n2)cc1. The molecule has 4 rings (SSSR count). The lowest BCUT2D eigenvalue weighted by atomic mass is 10.1. The molecule has 158 valence electrons. The molecule has 1 N–H and O–H groups in total. The third-order valence-corrected chi connectivity index (χ3v) is 4.78. The molecule has 0 aliphatic carbocycles. The highest BCUT2D eigenvalue weighted by Gasteiger charge is 2.12. The second-order valence-electron chi connectivity index (χ2n) is 7.00. The van der Waals surface area contributed by atoms with Crippen LogP contribution in [-0.2, 0) is 13.3 Å². The standard InChI is InChI=1S/C23H23N5O3/c1-17-5-3-4-6-18(17)14-28-15-19(13-24-28)25-23(29)22-11-12-27(26-22)16-31-21-9-7-20(30-2)8-10-21/h3-13,15H,14,16H2,1-2H3,(H,25,29). The summed E-state index contributed by atoms with van der Waals surface area (Å²) in [6.07, 6.45) is 5.12. The minimum Gasteiger partial charge on any atom is -0.497 e. The van der Waals surface area contributed by atoms with Crippen molar-refractivity contribution in [3.05, 3.63) is 90.0 Å². The molecule has 0 saturated heterocycles. The van der Waals surface area contributed by atoms with Crippen molar-refractivity contribution in [1.82, 2.24) is 19.6 Å². The Morgan fingerprint density at radius 1 is 1.03 bits per heavy atom. The van der Waals surface area contributed by atoms with Gasteiger partial charge in [0.15, 0.2) is 12.4 Å². The van der Waals surface area contributed by atoms with Gasteiger partial charge in [-0.25, -0.2) is 4.68 Å². The van der Waals surface area contributed by atoms with E-state index in [1.165, 1.54) is 11.1 Å². The Balaban J connectivity index is 1.32. The number of methoxy groups -OCH3 is 1. The van der Waals surface area contributed by atoms with Crippen LogP contribution in [-0.4, -0.2) is 32.6 Å². The first-order chi connectivity index (χ1) is 15.1. The van der Waals surface area contributed by atoms with E-state index in [4.69, 9.17) is 9.47 Å². The molecule has 0 fully saturated rings. The van der Waals surface area contributed by atoms with Crippen LogP contribution in [0.3, 0.4) is 0 Å². The smallest absolute Gasteiger partial charge is 0.276 e. The van der Waals surface area contributed by atoms with Gasteiger partial charge in [-0.3, -0.25) is 9.48 Å². The zero-order chi connectivity index (χ0) is 21.6. The van der Waals surface area contributed by atoms with E-state index in [0.717, 1.165) is 5.75 Å². The molecule has 0 radical (unpaired) electrons. The van der Waals surface area contributed by atoms with Crippen LogP contribution in [0, 0.1) is 6.92 Å². The number of nitrogens with one attached hydrogen (secondary N) is 1. The van der Waals surface area contributed by atoms with E-state index in [1.54, 1.807) is 41.1 Å². The molecule has 8 nitrogen and oxygen atoms in total. The lowest BCUT2D eigenvalue weighted by Crippen LogP contribution is -2.14. The van der Waals surface area contributed by atoms with Gasteiger partial charge in [0, 0.05) is 12.4 Å². The van der Waals surface area contributed by atoms with E-state index < -0.39 is 0 Å². The van der Waals surface area contributed by atoms with Gasteiger partial charge in [-0.05, 0) is 48.4 Å². The zero-order valence-corrected chi connectivity index (χ0v) is 17.4. The van der Waals surface area contributed by atoms with Crippen LogP contribution in [0.15, 0.2) is 73.2 Å². The van der Waals surface area contributed by atoms with Gasteiger partial charge >= 0.3 is 0 Å². The molecule has 2 aromatic heterocycles. The quantitative estimate of drug-likeness (QED) is 0.472. The molecule has 4 aromatic rings. The molecule has 2 heterocycles. The number of benzene rings is 2. The summed E-state index contributed by atoms with van der Waals surface area (Å²) >= 11 is 0. The average molecular weight is 417 g/mol. The Hall–Kier alpha value is -4.07. The maximum absolute atomic E-state index is 12.5. The number of carbonyl (C=O) groups excluding carboxylic acids is 1. The largest absolute Gasteiger partial charge is 0.497 e. The topological polar surface area (TPSA) is 83.2 Å². The lowest BCUT2D eigenvalue weighted by molar-refractivity contribution is 0.102. The minimum absolute atomic E-state index is 0.188. The van der Waals surface area contributed by atoms with Crippen molar-refractivity contribution >= 4 is 11.6 Å². The Labute approximate surface area is 180 Å². The van der Waals surface area contributed by atoms with E-state index >= 15 is 0 Å². The normalized spacial score (nSPS) is 10.6. The van der Waals surface area contributed by atoms with Crippen LogP contribution in [0.5, 0.6) is 11.5 Å². The van der Waals surface area contributed by atoms with E-state index in [1.807, 2.05) is 36.4 Å². The summed E-state index contributed by atoms with van der Waals surface area (Å²) in [6.45, 7) is 2.89. The van der Waals surface area contributed by atoms with Gasteiger partial charge in [0.1, 0.15) is 11.5 Å². The van der Waals surface area contributed by atoms with Crippen LogP contribution >= 0.6 is 0 Å². The molecule has 0 saturated carbocycles. The number of hydrogen-bond acceptors (Lipinski definition) is 5. The van der Waals surface area contributed by atoms with Gasteiger partial charge < -0.3 is 14.8 Å². The number of aryl methyl sites for hydroxylation is 1. The van der Waals surface area contributed by atoms with Crippen molar-refractivity contribution in [2.24, 2.45) is 0 Å². The fourth-order valence-corrected chi connectivity index (χ4v) is 3.04. The van der Waals surface area contributed by atoms with Gasteiger partial charge in [0.25, 0.3) is 5.91 Å². The predicted molar refractivity (Wildman–Crippen MR) is 116 cm³/mol. The number of aromatic nitrogens is 4. The van der Waals surface area contributed by atoms with E-state index in [-0.39, 0.29) is 12.6 Å². The Morgan fingerprint density at radius 2 is 1.81 bits per heavy atom. The Morgan fingerprint density at radius 3 is 2.58 bits per heavy atom. The summed E-state index contributed by atoms with van der Waals surface area (Å²) in [5.41, 5.74) is 3.29. The molecule has 0 atom stereocenters. The van der Waals surface area contributed by atoms with Gasteiger partial charge in [0.05, 0.1) is 25.5 Å². The van der Waals surface area contributed by atoms with E-state index in [2.05, 4.69) is 34.6 Å². The zero-order valence-electron chi connectivity index (χ0n) is 17.4.